The van der Waals surface area contributed by atoms with Crippen molar-refractivity contribution in [1.82, 2.24) is 15.2 Å². The van der Waals surface area contributed by atoms with E-state index in [-0.39, 0.29) is 6.04 Å². The molecule has 2 aromatic rings. The molecule has 16 heavy (non-hydrogen) atoms. The molecule has 0 aliphatic carbocycles. The Morgan fingerprint density at radius 1 is 1.50 bits per heavy atom. The highest BCUT2D eigenvalue weighted by molar-refractivity contribution is 5.65. The van der Waals surface area contributed by atoms with E-state index >= 15 is 0 Å². The highest BCUT2D eigenvalue weighted by atomic mass is 15.1. The average molecular weight is 217 g/mol. The molecule has 0 aliphatic rings. The third-order valence-electron chi connectivity index (χ3n) is 2.58. The van der Waals surface area contributed by atoms with Crippen LogP contribution >= 0.6 is 0 Å². The maximum absolute atomic E-state index is 5.94. The lowest BCUT2D eigenvalue weighted by Crippen LogP contribution is -2.09. The summed E-state index contributed by atoms with van der Waals surface area (Å²) in [5.41, 5.74) is 8.73. The maximum Gasteiger partial charge on any atom is 0.149 e. The molecule has 0 aromatic carbocycles. The van der Waals surface area contributed by atoms with Crippen LogP contribution in [0.1, 0.15) is 24.1 Å². The van der Waals surface area contributed by atoms with Crippen LogP contribution in [-0.2, 0) is 0 Å². The normalized spacial score (nSPS) is 12.4. The second kappa shape index (κ2) is 4.22. The minimum Gasteiger partial charge on any atom is -0.396 e. The van der Waals surface area contributed by atoms with Gasteiger partial charge in [-0.15, -0.1) is 0 Å². The van der Waals surface area contributed by atoms with Crippen LogP contribution in [0.3, 0.4) is 0 Å². The number of anilines is 2. The van der Waals surface area contributed by atoms with Crippen molar-refractivity contribution in [2.45, 2.75) is 19.9 Å². The predicted molar refractivity (Wildman–Crippen MR) is 64.0 cm³/mol. The third-order valence-corrected chi connectivity index (χ3v) is 2.58. The molecule has 0 bridgehead atoms. The lowest BCUT2D eigenvalue weighted by molar-refractivity contribution is 0.876. The van der Waals surface area contributed by atoms with Crippen molar-refractivity contribution in [2.24, 2.45) is 0 Å². The van der Waals surface area contributed by atoms with E-state index in [1.165, 1.54) is 0 Å². The van der Waals surface area contributed by atoms with Gasteiger partial charge in [0.1, 0.15) is 5.82 Å². The summed E-state index contributed by atoms with van der Waals surface area (Å²) in [5.74, 6) is 0.716. The zero-order valence-electron chi connectivity index (χ0n) is 9.36. The number of pyridine rings is 1. The van der Waals surface area contributed by atoms with Gasteiger partial charge in [-0.3, -0.25) is 5.10 Å². The van der Waals surface area contributed by atoms with Crippen molar-refractivity contribution >= 4 is 11.5 Å². The van der Waals surface area contributed by atoms with Crippen molar-refractivity contribution in [3.8, 4) is 0 Å². The molecule has 2 aromatic heterocycles. The first-order valence-electron chi connectivity index (χ1n) is 5.15. The van der Waals surface area contributed by atoms with Crippen LogP contribution in [0.25, 0.3) is 0 Å². The summed E-state index contributed by atoms with van der Waals surface area (Å²) >= 11 is 0. The quantitative estimate of drug-likeness (QED) is 0.733. The van der Waals surface area contributed by atoms with Crippen molar-refractivity contribution < 1.29 is 0 Å². The maximum atomic E-state index is 5.94. The number of aromatic nitrogens is 3. The monoisotopic (exact) mass is 217 g/mol. The molecule has 0 saturated carbocycles. The van der Waals surface area contributed by atoms with E-state index in [9.17, 15) is 0 Å². The summed E-state index contributed by atoms with van der Waals surface area (Å²) in [4.78, 5) is 4.22. The number of rotatable bonds is 3. The highest BCUT2D eigenvalue weighted by Gasteiger charge is 2.09. The second-order valence-corrected chi connectivity index (χ2v) is 3.79. The number of H-pyrrole nitrogens is 1. The van der Waals surface area contributed by atoms with Crippen LogP contribution in [0, 0.1) is 6.92 Å². The van der Waals surface area contributed by atoms with E-state index in [1.54, 1.807) is 12.4 Å². The summed E-state index contributed by atoms with van der Waals surface area (Å²) in [6, 6.07) is 2.01. The van der Waals surface area contributed by atoms with E-state index in [0.29, 0.717) is 11.5 Å². The minimum atomic E-state index is 0.121. The Morgan fingerprint density at radius 2 is 2.31 bits per heavy atom. The van der Waals surface area contributed by atoms with Gasteiger partial charge >= 0.3 is 0 Å². The highest BCUT2D eigenvalue weighted by Crippen LogP contribution is 2.23. The Kier molecular flexibility index (Phi) is 2.76. The van der Waals surface area contributed by atoms with Gasteiger partial charge < -0.3 is 11.1 Å². The lowest BCUT2D eigenvalue weighted by Gasteiger charge is -2.15. The van der Waals surface area contributed by atoms with Crippen molar-refractivity contribution in [2.75, 3.05) is 11.1 Å². The van der Waals surface area contributed by atoms with Gasteiger partial charge in [-0.25, -0.2) is 4.98 Å². The summed E-state index contributed by atoms with van der Waals surface area (Å²) < 4.78 is 0. The molecule has 0 aliphatic heterocycles. The number of aromatic amines is 1. The number of nitrogens with zero attached hydrogens (tertiary/aromatic N) is 2. The third kappa shape index (κ3) is 1.98. The SMILES string of the molecule is Cc1ccnc(NC(C)c2cn[nH]c2)c1N. The molecule has 2 heterocycles. The van der Waals surface area contributed by atoms with Gasteiger partial charge in [0.15, 0.2) is 0 Å². The van der Waals surface area contributed by atoms with Gasteiger partial charge in [-0.2, -0.15) is 5.10 Å². The number of hydrogen-bond acceptors (Lipinski definition) is 4. The van der Waals surface area contributed by atoms with Gasteiger partial charge in [0.05, 0.1) is 17.9 Å². The summed E-state index contributed by atoms with van der Waals surface area (Å²) in [6.45, 7) is 4.00. The number of hydrogen-bond donors (Lipinski definition) is 3. The molecule has 0 saturated heterocycles. The van der Waals surface area contributed by atoms with Crippen LogP contribution in [0.15, 0.2) is 24.7 Å². The fraction of sp³-hybridized carbons (Fsp3) is 0.273. The number of nitrogens with one attached hydrogen (secondary N) is 2. The van der Waals surface area contributed by atoms with Crippen LogP contribution < -0.4 is 11.1 Å². The molecule has 0 fully saturated rings. The summed E-state index contributed by atoms with van der Waals surface area (Å²) in [7, 11) is 0. The summed E-state index contributed by atoms with van der Waals surface area (Å²) in [6.07, 6.45) is 5.38. The largest absolute Gasteiger partial charge is 0.396 e. The first-order valence-corrected chi connectivity index (χ1v) is 5.15. The Morgan fingerprint density at radius 3 is 3.00 bits per heavy atom. The van der Waals surface area contributed by atoms with Crippen LogP contribution in [0.4, 0.5) is 11.5 Å². The molecule has 1 unspecified atom stereocenters. The van der Waals surface area contributed by atoms with Crippen LogP contribution in [-0.4, -0.2) is 15.2 Å². The minimum absolute atomic E-state index is 0.121. The predicted octanol–water partition coefficient (Wildman–Crippen LogP) is 1.87. The fourth-order valence-corrected chi connectivity index (χ4v) is 1.47. The van der Waals surface area contributed by atoms with Gasteiger partial charge in [0.25, 0.3) is 0 Å². The van der Waals surface area contributed by atoms with Gasteiger partial charge in [-0.05, 0) is 25.5 Å². The Hall–Kier alpha value is -2.04. The molecule has 0 spiro atoms. The lowest BCUT2D eigenvalue weighted by atomic mass is 10.2. The smallest absolute Gasteiger partial charge is 0.149 e. The molecule has 5 nitrogen and oxygen atoms in total. The Balaban J connectivity index is 2.18. The van der Waals surface area contributed by atoms with E-state index < -0.39 is 0 Å². The number of nitrogens with two attached hydrogens (primary N) is 1. The molecular weight excluding hydrogens is 202 g/mol. The fourth-order valence-electron chi connectivity index (χ4n) is 1.47. The Labute approximate surface area is 94.1 Å². The zero-order chi connectivity index (χ0) is 11.5. The summed E-state index contributed by atoms with van der Waals surface area (Å²) in [5, 5.41) is 9.95. The van der Waals surface area contributed by atoms with E-state index in [1.807, 2.05) is 26.1 Å². The standard InChI is InChI=1S/C11H15N5/c1-7-3-4-13-11(10(7)12)16-8(2)9-5-14-15-6-9/h3-6,8H,12H2,1-2H3,(H,13,16)(H,14,15). The first-order chi connectivity index (χ1) is 7.68. The van der Waals surface area contributed by atoms with Crippen molar-refractivity contribution in [1.29, 1.82) is 0 Å². The topological polar surface area (TPSA) is 79.6 Å². The molecule has 0 amide bonds. The van der Waals surface area contributed by atoms with Gasteiger partial charge in [-0.1, -0.05) is 0 Å². The molecule has 2 rings (SSSR count). The van der Waals surface area contributed by atoms with E-state index in [4.69, 9.17) is 5.73 Å². The van der Waals surface area contributed by atoms with E-state index in [2.05, 4.69) is 20.5 Å². The number of nitrogen functional groups attached to an aromatic ring is 1. The molecule has 0 radical (unpaired) electrons. The Bertz CT molecular complexity index is 463. The van der Waals surface area contributed by atoms with Crippen LogP contribution in [0.2, 0.25) is 0 Å². The van der Waals surface area contributed by atoms with Gasteiger partial charge in [0.2, 0.25) is 0 Å². The van der Waals surface area contributed by atoms with Crippen molar-refractivity contribution in [3.05, 3.63) is 35.8 Å². The first kappa shape index (κ1) is 10.5. The molecular formula is C11H15N5. The van der Waals surface area contributed by atoms with E-state index in [0.717, 1.165) is 11.1 Å². The van der Waals surface area contributed by atoms with Gasteiger partial charge in [0, 0.05) is 18.0 Å². The second-order valence-electron chi connectivity index (χ2n) is 3.79. The number of aryl methyl sites for hydroxylation is 1. The van der Waals surface area contributed by atoms with Crippen LogP contribution in [0.5, 0.6) is 0 Å². The average Bonchev–Trinajstić information content (AvgIpc) is 2.78. The zero-order valence-corrected chi connectivity index (χ0v) is 9.36. The molecule has 4 N–H and O–H groups in total. The molecule has 84 valence electrons. The molecule has 5 heteroatoms. The molecule has 1 atom stereocenters. The van der Waals surface area contributed by atoms with Crippen molar-refractivity contribution in [3.63, 3.8) is 0 Å².